The van der Waals surface area contributed by atoms with Crippen molar-refractivity contribution in [2.45, 2.75) is 25.3 Å². The topological polar surface area (TPSA) is 44.4 Å². The third kappa shape index (κ3) is 1.68. The van der Waals surface area contributed by atoms with Crippen molar-refractivity contribution in [3.63, 3.8) is 0 Å². The predicted molar refractivity (Wildman–Crippen MR) is 71.5 cm³/mol. The van der Waals surface area contributed by atoms with E-state index in [9.17, 15) is 4.79 Å². The highest BCUT2D eigenvalue weighted by molar-refractivity contribution is 5.93. The molecule has 2 fully saturated rings. The number of benzene rings is 1. The van der Waals surface area contributed by atoms with Gasteiger partial charge >= 0.3 is 0 Å². The molecule has 1 spiro atoms. The fourth-order valence-corrected chi connectivity index (χ4v) is 3.06. The summed E-state index contributed by atoms with van der Waals surface area (Å²) in [4.78, 5) is 14.5. The van der Waals surface area contributed by atoms with Crippen molar-refractivity contribution in [2.24, 2.45) is 0 Å². The zero-order valence-electron chi connectivity index (χ0n) is 10.7. The maximum Gasteiger partial charge on any atom is 0.247 e. The molecule has 2 aliphatic heterocycles. The predicted octanol–water partition coefficient (Wildman–Crippen LogP) is 1.01. The van der Waals surface area contributed by atoms with Gasteiger partial charge in [0, 0.05) is 5.69 Å². The van der Waals surface area contributed by atoms with Crippen LogP contribution in [0.3, 0.4) is 0 Å². The van der Waals surface area contributed by atoms with E-state index in [2.05, 4.69) is 46.7 Å². The van der Waals surface area contributed by atoms with Gasteiger partial charge in [0.25, 0.3) is 0 Å². The van der Waals surface area contributed by atoms with Crippen LogP contribution in [0.4, 0.5) is 5.69 Å². The highest BCUT2D eigenvalue weighted by Gasteiger charge is 2.49. The normalized spacial score (nSPS) is 22.3. The van der Waals surface area contributed by atoms with Gasteiger partial charge in [-0.2, -0.15) is 0 Å². The fraction of sp³-hybridized carbons (Fsp3) is 0.500. The van der Waals surface area contributed by atoms with E-state index in [-0.39, 0.29) is 11.4 Å². The minimum absolute atomic E-state index is 0.186. The van der Waals surface area contributed by atoms with Crippen LogP contribution in [0.2, 0.25) is 0 Å². The Morgan fingerprint density at radius 1 is 1.28 bits per heavy atom. The number of hydrogen-bond donors (Lipinski definition) is 2. The first-order valence-electron chi connectivity index (χ1n) is 6.56. The second-order valence-corrected chi connectivity index (χ2v) is 5.21. The van der Waals surface area contributed by atoms with Gasteiger partial charge in [0.2, 0.25) is 5.91 Å². The second kappa shape index (κ2) is 4.28. The number of aryl methyl sites for hydroxylation is 1. The van der Waals surface area contributed by atoms with Gasteiger partial charge in [0.05, 0.1) is 6.67 Å². The first-order chi connectivity index (χ1) is 8.72. The van der Waals surface area contributed by atoms with E-state index in [1.165, 1.54) is 5.56 Å². The Bertz CT molecular complexity index is 466. The molecule has 18 heavy (non-hydrogen) atoms. The summed E-state index contributed by atoms with van der Waals surface area (Å²) in [6.07, 6.45) is 1.76. The van der Waals surface area contributed by atoms with Gasteiger partial charge in [-0.3, -0.25) is 4.79 Å². The standard InChI is InChI=1S/C14H19N3O/c1-11-3-2-4-12(9-11)17-10-16-13(18)14(17)5-7-15-8-6-14/h2-4,9,15H,5-8,10H2,1H3,(H,16,18). The Hall–Kier alpha value is -1.55. The highest BCUT2D eigenvalue weighted by Crippen LogP contribution is 2.34. The van der Waals surface area contributed by atoms with E-state index in [1.54, 1.807) is 0 Å². The van der Waals surface area contributed by atoms with E-state index >= 15 is 0 Å². The number of piperidine rings is 1. The molecule has 0 saturated carbocycles. The monoisotopic (exact) mass is 245 g/mol. The number of carbonyl (C=O) groups is 1. The van der Waals surface area contributed by atoms with E-state index < -0.39 is 0 Å². The third-order valence-corrected chi connectivity index (χ3v) is 4.08. The fourth-order valence-electron chi connectivity index (χ4n) is 3.06. The van der Waals surface area contributed by atoms with Crippen LogP contribution in [0, 0.1) is 6.92 Å². The van der Waals surface area contributed by atoms with Crippen LogP contribution in [-0.4, -0.2) is 31.2 Å². The number of nitrogens with one attached hydrogen (secondary N) is 2. The molecule has 0 unspecified atom stereocenters. The second-order valence-electron chi connectivity index (χ2n) is 5.21. The number of amides is 1. The largest absolute Gasteiger partial charge is 0.339 e. The summed E-state index contributed by atoms with van der Waals surface area (Å²) in [7, 11) is 0. The molecule has 1 amide bonds. The first-order valence-corrected chi connectivity index (χ1v) is 6.56. The zero-order chi connectivity index (χ0) is 12.6. The van der Waals surface area contributed by atoms with Crippen molar-refractivity contribution in [2.75, 3.05) is 24.7 Å². The Balaban J connectivity index is 1.98. The minimum atomic E-state index is -0.334. The molecule has 4 heteroatoms. The molecule has 96 valence electrons. The first kappa shape index (κ1) is 11.5. The van der Waals surface area contributed by atoms with E-state index in [0.29, 0.717) is 6.67 Å². The average Bonchev–Trinajstić information content (AvgIpc) is 2.68. The molecule has 1 aromatic carbocycles. The molecule has 0 aliphatic carbocycles. The number of carbonyl (C=O) groups excluding carboxylic acids is 1. The highest BCUT2D eigenvalue weighted by atomic mass is 16.2. The third-order valence-electron chi connectivity index (χ3n) is 4.08. The van der Waals surface area contributed by atoms with Crippen LogP contribution in [-0.2, 0) is 4.79 Å². The molecule has 3 rings (SSSR count). The van der Waals surface area contributed by atoms with Crippen LogP contribution in [0.1, 0.15) is 18.4 Å². The lowest BCUT2D eigenvalue weighted by atomic mass is 9.86. The molecule has 1 aromatic rings. The summed E-state index contributed by atoms with van der Waals surface area (Å²) in [5.41, 5.74) is 2.05. The van der Waals surface area contributed by atoms with E-state index in [0.717, 1.165) is 31.6 Å². The van der Waals surface area contributed by atoms with Gasteiger partial charge in [-0.25, -0.2) is 0 Å². The number of nitrogens with zero attached hydrogens (tertiary/aromatic N) is 1. The van der Waals surface area contributed by atoms with Crippen molar-refractivity contribution in [1.29, 1.82) is 0 Å². The molecule has 2 N–H and O–H groups in total. The number of anilines is 1. The quantitative estimate of drug-likeness (QED) is 0.776. The summed E-state index contributed by atoms with van der Waals surface area (Å²) in [5.74, 6) is 0.186. The lowest BCUT2D eigenvalue weighted by molar-refractivity contribution is -0.124. The van der Waals surface area contributed by atoms with Gasteiger partial charge < -0.3 is 15.5 Å². The zero-order valence-corrected chi connectivity index (χ0v) is 10.7. The molecule has 0 bridgehead atoms. The summed E-state index contributed by atoms with van der Waals surface area (Å²) >= 11 is 0. The van der Waals surface area contributed by atoms with E-state index in [4.69, 9.17) is 0 Å². The van der Waals surface area contributed by atoms with Crippen molar-refractivity contribution >= 4 is 11.6 Å². The molecule has 2 aliphatic rings. The molecule has 0 atom stereocenters. The van der Waals surface area contributed by atoms with Crippen LogP contribution >= 0.6 is 0 Å². The van der Waals surface area contributed by atoms with Gasteiger partial charge in [-0.15, -0.1) is 0 Å². The molecule has 4 nitrogen and oxygen atoms in total. The lowest BCUT2D eigenvalue weighted by Crippen LogP contribution is -2.55. The summed E-state index contributed by atoms with van der Waals surface area (Å²) < 4.78 is 0. The van der Waals surface area contributed by atoms with Gasteiger partial charge in [-0.1, -0.05) is 12.1 Å². The minimum Gasteiger partial charge on any atom is -0.339 e. The maximum absolute atomic E-state index is 12.2. The Morgan fingerprint density at radius 2 is 2.06 bits per heavy atom. The van der Waals surface area contributed by atoms with Crippen molar-refractivity contribution in [1.82, 2.24) is 10.6 Å². The SMILES string of the molecule is Cc1cccc(N2CNC(=O)C23CCNCC3)c1. The molecule has 0 radical (unpaired) electrons. The van der Waals surface area contributed by atoms with Crippen LogP contribution < -0.4 is 15.5 Å². The van der Waals surface area contributed by atoms with Gasteiger partial charge in [-0.05, 0) is 50.6 Å². The van der Waals surface area contributed by atoms with Gasteiger partial charge in [0.15, 0.2) is 0 Å². The maximum atomic E-state index is 12.2. The Morgan fingerprint density at radius 3 is 2.78 bits per heavy atom. The summed E-state index contributed by atoms with van der Waals surface area (Å²) in [6, 6.07) is 8.40. The van der Waals surface area contributed by atoms with Crippen LogP contribution in [0.25, 0.3) is 0 Å². The smallest absolute Gasteiger partial charge is 0.247 e. The van der Waals surface area contributed by atoms with Crippen molar-refractivity contribution in [3.8, 4) is 0 Å². The lowest BCUT2D eigenvalue weighted by Gasteiger charge is -2.40. The number of rotatable bonds is 1. The van der Waals surface area contributed by atoms with Crippen molar-refractivity contribution in [3.05, 3.63) is 29.8 Å². The van der Waals surface area contributed by atoms with Crippen molar-refractivity contribution < 1.29 is 4.79 Å². The van der Waals surface area contributed by atoms with E-state index in [1.807, 2.05) is 0 Å². The van der Waals surface area contributed by atoms with Crippen LogP contribution in [0.15, 0.2) is 24.3 Å². The molecule has 2 saturated heterocycles. The molecule has 2 heterocycles. The van der Waals surface area contributed by atoms with Gasteiger partial charge in [0.1, 0.15) is 5.54 Å². The molecular formula is C14H19N3O. The number of hydrogen-bond acceptors (Lipinski definition) is 3. The summed E-state index contributed by atoms with van der Waals surface area (Å²) in [6.45, 7) is 4.54. The Kier molecular flexibility index (Phi) is 2.74. The summed E-state index contributed by atoms with van der Waals surface area (Å²) in [5, 5.41) is 6.34. The average molecular weight is 245 g/mol. The molecular weight excluding hydrogens is 226 g/mol. The van der Waals surface area contributed by atoms with Crippen LogP contribution in [0.5, 0.6) is 0 Å². The molecule has 0 aromatic heterocycles. The Labute approximate surface area is 107 Å².